The van der Waals surface area contributed by atoms with Crippen LogP contribution in [0.15, 0.2) is 198 Å². The fourth-order valence-corrected chi connectivity index (χ4v) is 9.31. The number of hydrogen-bond acceptors (Lipinski definition) is 5. The van der Waals surface area contributed by atoms with Crippen LogP contribution in [0.4, 0.5) is 0 Å². The van der Waals surface area contributed by atoms with Crippen molar-refractivity contribution < 1.29 is 14.2 Å². The lowest BCUT2D eigenvalue weighted by atomic mass is 9.79. The smallest absolute Gasteiger partial charge is 0.330 e. The van der Waals surface area contributed by atoms with Crippen molar-refractivity contribution in [2.75, 3.05) is 6.61 Å². The summed E-state index contributed by atoms with van der Waals surface area (Å²) in [5, 5.41) is 0. The van der Waals surface area contributed by atoms with Gasteiger partial charge >= 0.3 is 5.69 Å². The van der Waals surface area contributed by atoms with E-state index in [1.165, 1.54) is 4.57 Å². The third kappa shape index (κ3) is 7.22. The molecule has 0 aliphatic carbocycles. The maximum atomic E-state index is 13.5. The van der Waals surface area contributed by atoms with Crippen molar-refractivity contribution >= 4 is 45.2 Å². The average molecular weight is 965 g/mol. The highest BCUT2D eigenvalue weighted by Gasteiger charge is 2.52. The first-order chi connectivity index (χ1) is 27.4. The van der Waals surface area contributed by atoms with Crippen LogP contribution in [0, 0.1) is 3.57 Å². The van der Waals surface area contributed by atoms with E-state index in [0.717, 1.165) is 33.4 Å². The maximum Gasteiger partial charge on any atom is 0.330 e. The van der Waals surface area contributed by atoms with E-state index in [1.54, 1.807) is 6.20 Å². The second kappa shape index (κ2) is 16.8. The van der Waals surface area contributed by atoms with Gasteiger partial charge in [-0.25, -0.2) is 4.79 Å². The third-order valence-electron chi connectivity index (χ3n) is 10.3. The predicted octanol–water partition coefficient (Wildman–Crippen LogP) is 9.23. The molecule has 1 aliphatic rings. The van der Waals surface area contributed by atoms with Crippen LogP contribution in [0.25, 0.3) is 0 Å². The number of aromatic nitrogens is 2. The van der Waals surface area contributed by atoms with Gasteiger partial charge in [0.25, 0.3) is 5.56 Å². The third-order valence-corrected chi connectivity index (χ3v) is 12.4. The minimum Gasteiger partial charge on any atom is -0.358 e. The van der Waals surface area contributed by atoms with E-state index in [-0.39, 0.29) is 6.61 Å². The normalized spacial score (nSPS) is 18.5. The number of rotatable bonds is 12. The minimum atomic E-state index is -1.09. The van der Waals surface area contributed by atoms with Gasteiger partial charge in [0.15, 0.2) is 6.23 Å². The second-order valence-electron chi connectivity index (χ2n) is 13.6. The van der Waals surface area contributed by atoms with Crippen molar-refractivity contribution in [2.45, 2.75) is 33.6 Å². The Kier molecular flexibility index (Phi) is 11.5. The van der Waals surface area contributed by atoms with Crippen LogP contribution in [-0.4, -0.2) is 32.3 Å². The molecule has 1 aliphatic heterocycles. The van der Waals surface area contributed by atoms with E-state index >= 15 is 0 Å². The van der Waals surface area contributed by atoms with Crippen molar-refractivity contribution in [3.05, 3.63) is 246 Å². The van der Waals surface area contributed by atoms with Crippen LogP contribution in [0.1, 0.15) is 39.6 Å². The van der Waals surface area contributed by atoms with Gasteiger partial charge < -0.3 is 14.2 Å². The van der Waals surface area contributed by atoms with Crippen LogP contribution < -0.4 is 11.2 Å². The molecular formula is C47H38I2N2O5. The average Bonchev–Trinajstić information content (AvgIpc) is 3.56. The summed E-state index contributed by atoms with van der Waals surface area (Å²) >= 11 is 4.29. The number of benzene rings is 6. The van der Waals surface area contributed by atoms with Gasteiger partial charge in [-0.3, -0.25) is 14.3 Å². The van der Waals surface area contributed by atoms with E-state index < -0.39 is 44.8 Å². The van der Waals surface area contributed by atoms with Gasteiger partial charge in [-0.15, -0.1) is 0 Å². The molecule has 6 aromatic carbocycles. The summed E-state index contributed by atoms with van der Waals surface area (Å²) in [6, 6.07) is 61.2. The molecule has 8 rings (SSSR count). The first-order valence-electron chi connectivity index (χ1n) is 18.4. The molecule has 4 atom stereocenters. The molecule has 1 N–H and O–H groups in total. The number of aromatic amines is 1. The zero-order chi connectivity index (χ0) is 38.5. The van der Waals surface area contributed by atoms with Crippen molar-refractivity contribution in [3.63, 3.8) is 0 Å². The number of halogens is 2. The quantitative estimate of drug-likeness (QED) is 0.0751. The van der Waals surface area contributed by atoms with Crippen LogP contribution in [-0.2, 0) is 25.4 Å². The van der Waals surface area contributed by atoms with Gasteiger partial charge in [-0.2, -0.15) is 0 Å². The maximum absolute atomic E-state index is 13.5. The summed E-state index contributed by atoms with van der Waals surface area (Å²) in [5.74, 6) is 0. The van der Waals surface area contributed by atoms with E-state index in [2.05, 4.69) is 100 Å². The number of hydrogen-bond donors (Lipinski definition) is 1. The standard InChI is InChI=1S/C47H38I2N2O5/c48-39-31-51(45(53)50-43(39)52)44-41(49)42(56-47(36-25-13-4-14-26-36,37-27-15-5-16-28-37)38-29-17-6-18-30-38)40(55-44)32-54-46(33-19-7-1-8-20-33,34-21-9-2-10-22-34)35-23-11-3-12-24-35/h1-31,40-42,44H,32H2,(H,50,52,53)/t40-,41-,42-,44-/m1/s1. The van der Waals surface area contributed by atoms with Crippen molar-refractivity contribution in [3.8, 4) is 0 Å². The summed E-state index contributed by atoms with van der Waals surface area (Å²) in [6.07, 6.45) is -0.576. The van der Waals surface area contributed by atoms with Crippen LogP contribution in [0.2, 0.25) is 0 Å². The van der Waals surface area contributed by atoms with E-state index in [4.69, 9.17) is 14.2 Å². The van der Waals surface area contributed by atoms with Crippen LogP contribution in [0.5, 0.6) is 0 Å². The Morgan fingerprint density at radius 2 is 0.929 bits per heavy atom. The largest absolute Gasteiger partial charge is 0.358 e. The van der Waals surface area contributed by atoms with Crippen molar-refractivity contribution in [1.29, 1.82) is 0 Å². The Labute approximate surface area is 352 Å². The number of nitrogens with zero attached hydrogens (tertiary/aromatic N) is 1. The summed E-state index contributed by atoms with van der Waals surface area (Å²) in [4.78, 5) is 28.5. The molecule has 0 bridgehead atoms. The lowest BCUT2D eigenvalue weighted by molar-refractivity contribution is -0.126. The Morgan fingerprint density at radius 3 is 1.30 bits per heavy atom. The SMILES string of the molecule is O=c1[nH]c(=O)n([C@@H]2O[C@H](COC(c3ccccc3)(c3ccccc3)c3ccccc3)[C@@H](OC(c3ccccc3)(c3ccccc3)c3ccccc3)[C@H]2I)cc1I. The number of ether oxygens (including phenoxy) is 3. The molecule has 0 radical (unpaired) electrons. The van der Waals surface area contributed by atoms with Gasteiger partial charge in [0.1, 0.15) is 23.4 Å². The molecule has 1 fully saturated rings. The van der Waals surface area contributed by atoms with E-state index in [9.17, 15) is 9.59 Å². The summed E-state index contributed by atoms with van der Waals surface area (Å²) < 4.78 is 23.5. The van der Waals surface area contributed by atoms with Crippen LogP contribution >= 0.6 is 45.2 Å². The molecule has 280 valence electrons. The Bertz CT molecular complexity index is 2270. The van der Waals surface area contributed by atoms with Gasteiger partial charge in [-0.1, -0.05) is 205 Å². The lowest BCUT2D eigenvalue weighted by Gasteiger charge is -2.41. The zero-order valence-corrected chi connectivity index (χ0v) is 34.5. The summed E-state index contributed by atoms with van der Waals surface area (Å²) in [5.41, 5.74) is 2.54. The minimum absolute atomic E-state index is 0.0863. The van der Waals surface area contributed by atoms with Crippen LogP contribution in [0.3, 0.4) is 0 Å². The molecular weight excluding hydrogens is 926 g/mol. The highest BCUT2D eigenvalue weighted by molar-refractivity contribution is 14.1. The molecule has 0 spiro atoms. The van der Waals surface area contributed by atoms with Gasteiger partial charge in [-0.05, 0) is 56.0 Å². The van der Waals surface area contributed by atoms with Gasteiger partial charge in [0.05, 0.1) is 14.1 Å². The first kappa shape index (κ1) is 38.2. The van der Waals surface area contributed by atoms with E-state index in [0.29, 0.717) is 3.57 Å². The molecule has 0 unspecified atom stereocenters. The number of alkyl halides is 1. The van der Waals surface area contributed by atoms with Crippen molar-refractivity contribution in [2.24, 2.45) is 0 Å². The molecule has 7 nitrogen and oxygen atoms in total. The Morgan fingerprint density at radius 1 is 0.571 bits per heavy atom. The van der Waals surface area contributed by atoms with Gasteiger partial charge in [0.2, 0.25) is 0 Å². The predicted molar refractivity (Wildman–Crippen MR) is 235 cm³/mol. The molecule has 56 heavy (non-hydrogen) atoms. The van der Waals surface area contributed by atoms with E-state index in [1.807, 2.05) is 132 Å². The zero-order valence-electron chi connectivity index (χ0n) is 30.2. The summed E-state index contributed by atoms with van der Waals surface area (Å²) in [6.45, 7) is 0.0863. The number of H-pyrrole nitrogens is 1. The molecule has 0 saturated carbocycles. The molecule has 1 aromatic heterocycles. The van der Waals surface area contributed by atoms with Crippen molar-refractivity contribution in [1.82, 2.24) is 9.55 Å². The molecule has 2 heterocycles. The Hall–Kier alpha value is -4.66. The summed E-state index contributed by atoms with van der Waals surface area (Å²) in [7, 11) is 0. The molecule has 1 saturated heterocycles. The fraction of sp³-hybridized carbons (Fsp3) is 0.149. The fourth-order valence-electron chi connectivity index (χ4n) is 7.75. The monoisotopic (exact) mass is 964 g/mol. The second-order valence-corrected chi connectivity index (χ2v) is 16.2. The van der Waals surface area contributed by atoms with Gasteiger partial charge in [0, 0.05) is 6.20 Å². The topological polar surface area (TPSA) is 82.6 Å². The number of nitrogens with one attached hydrogen (secondary N) is 1. The highest BCUT2D eigenvalue weighted by atomic mass is 127. The molecule has 0 amide bonds. The highest BCUT2D eigenvalue weighted by Crippen LogP contribution is 2.48. The Balaban J connectivity index is 1.30. The first-order valence-corrected chi connectivity index (χ1v) is 20.7. The molecule has 9 heteroatoms. The lowest BCUT2D eigenvalue weighted by Crippen LogP contribution is -2.45. The molecule has 7 aromatic rings.